The van der Waals surface area contributed by atoms with Crippen molar-refractivity contribution < 1.29 is 9.59 Å². The Balaban J connectivity index is 2.21. The summed E-state index contributed by atoms with van der Waals surface area (Å²) in [5.41, 5.74) is 0. The Hall–Kier alpha value is -1.10. The first-order valence-electron chi connectivity index (χ1n) is 6.41. The van der Waals surface area contributed by atoms with Crippen LogP contribution >= 0.6 is 0 Å². The van der Waals surface area contributed by atoms with Crippen molar-refractivity contribution in [3.63, 3.8) is 0 Å². The van der Waals surface area contributed by atoms with Crippen molar-refractivity contribution in [3.8, 4) is 0 Å². The topological polar surface area (TPSA) is 61.4 Å². The number of piperidine rings is 1. The molecule has 1 heterocycles. The molecule has 0 radical (unpaired) electrons. The predicted octanol–water partition coefficient (Wildman–Crippen LogP) is 0.954. The Morgan fingerprint density at radius 3 is 2.82 bits per heavy atom. The normalized spacial score (nSPS) is 20.9. The summed E-state index contributed by atoms with van der Waals surface area (Å²) >= 11 is 0. The molecule has 0 saturated carbocycles. The molecule has 0 bridgehead atoms. The van der Waals surface area contributed by atoms with Crippen LogP contribution in [0.3, 0.4) is 0 Å². The van der Waals surface area contributed by atoms with Gasteiger partial charge in [0, 0.05) is 13.1 Å². The van der Waals surface area contributed by atoms with Crippen molar-refractivity contribution in [2.24, 2.45) is 5.92 Å². The molecule has 98 valence electrons. The fourth-order valence-electron chi connectivity index (χ4n) is 2.08. The predicted molar refractivity (Wildman–Crippen MR) is 66.7 cm³/mol. The van der Waals surface area contributed by atoms with E-state index >= 15 is 0 Å². The lowest BCUT2D eigenvalue weighted by molar-refractivity contribution is -0.121. The molecule has 5 nitrogen and oxygen atoms in total. The van der Waals surface area contributed by atoms with Crippen LogP contribution in [0.4, 0.5) is 4.79 Å². The SMILES string of the molecule is CCCNC(=O)NC(=O)CN1CCCC(C)C1. The molecule has 1 unspecified atom stereocenters. The quantitative estimate of drug-likeness (QED) is 0.770. The van der Waals surface area contributed by atoms with Gasteiger partial charge in [0.2, 0.25) is 5.91 Å². The van der Waals surface area contributed by atoms with E-state index in [0.717, 1.165) is 25.9 Å². The Labute approximate surface area is 103 Å². The minimum Gasteiger partial charge on any atom is -0.338 e. The highest BCUT2D eigenvalue weighted by molar-refractivity contribution is 5.95. The van der Waals surface area contributed by atoms with Gasteiger partial charge in [-0.1, -0.05) is 13.8 Å². The van der Waals surface area contributed by atoms with Gasteiger partial charge in [-0.25, -0.2) is 4.79 Å². The van der Waals surface area contributed by atoms with Gasteiger partial charge < -0.3 is 5.32 Å². The first kappa shape index (κ1) is 14.0. The lowest BCUT2D eigenvalue weighted by atomic mass is 10.0. The van der Waals surface area contributed by atoms with Gasteiger partial charge in [0.1, 0.15) is 0 Å². The first-order valence-corrected chi connectivity index (χ1v) is 6.41. The smallest absolute Gasteiger partial charge is 0.321 e. The summed E-state index contributed by atoms with van der Waals surface area (Å²) in [4.78, 5) is 24.9. The first-order chi connectivity index (χ1) is 8.11. The van der Waals surface area contributed by atoms with E-state index < -0.39 is 0 Å². The maximum atomic E-state index is 11.6. The molecule has 3 amide bonds. The second-order valence-electron chi connectivity index (χ2n) is 4.79. The molecule has 2 N–H and O–H groups in total. The summed E-state index contributed by atoms with van der Waals surface area (Å²) in [6.45, 7) is 6.98. The average molecular weight is 241 g/mol. The van der Waals surface area contributed by atoms with Gasteiger partial charge in [0.25, 0.3) is 0 Å². The number of imide groups is 1. The molecule has 1 aliphatic rings. The number of likely N-dealkylation sites (tertiary alicyclic amines) is 1. The Morgan fingerprint density at radius 1 is 1.41 bits per heavy atom. The molecule has 1 rings (SSSR count). The Bertz CT molecular complexity index is 268. The highest BCUT2D eigenvalue weighted by Crippen LogP contribution is 2.14. The van der Waals surface area contributed by atoms with Gasteiger partial charge in [-0.15, -0.1) is 0 Å². The third-order valence-electron chi connectivity index (χ3n) is 2.90. The third-order valence-corrected chi connectivity index (χ3v) is 2.90. The number of amides is 3. The minimum atomic E-state index is -0.387. The molecule has 0 spiro atoms. The van der Waals surface area contributed by atoms with Crippen LogP contribution in [0.2, 0.25) is 0 Å². The zero-order chi connectivity index (χ0) is 12.7. The van der Waals surface area contributed by atoms with Gasteiger partial charge >= 0.3 is 6.03 Å². The molecule has 1 atom stereocenters. The van der Waals surface area contributed by atoms with Gasteiger partial charge in [-0.3, -0.25) is 15.0 Å². The van der Waals surface area contributed by atoms with Crippen LogP contribution in [-0.2, 0) is 4.79 Å². The van der Waals surface area contributed by atoms with Gasteiger partial charge in [-0.2, -0.15) is 0 Å². The van der Waals surface area contributed by atoms with Gasteiger partial charge in [0.05, 0.1) is 6.54 Å². The summed E-state index contributed by atoms with van der Waals surface area (Å²) in [5, 5.41) is 4.97. The van der Waals surface area contributed by atoms with Crippen molar-refractivity contribution in [2.75, 3.05) is 26.2 Å². The van der Waals surface area contributed by atoms with E-state index in [1.54, 1.807) is 0 Å². The maximum Gasteiger partial charge on any atom is 0.321 e. The molecular formula is C12H23N3O2. The summed E-state index contributed by atoms with van der Waals surface area (Å²) in [7, 11) is 0. The van der Waals surface area contributed by atoms with Crippen molar-refractivity contribution in [2.45, 2.75) is 33.1 Å². The second kappa shape index (κ2) is 7.27. The van der Waals surface area contributed by atoms with Gasteiger partial charge in [-0.05, 0) is 31.7 Å². The summed E-state index contributed by atoms with van der Waals surface area (Å²) in [6, 6.07) is -0.387. The maximum absolute atomic E-state index is 11.6. The van der Waals surface area contributed by atoms with Crippen LogP contribution < -0.4 is 10.6 Å². The lowest BCUT2D eigenvalue weighted by Crippen LogP contribution is -2.46. The number of carbonyl (C=O) groups is 2. The van der Waals surface area contributed by atoms with Crippen LogP contribution in [0.5, 0.6) is 0 Å². The molecule has 5 heteroatoms. The molecule has 1 saturated heterocycles. The van der Waals surface area contributed by atoms with Crippen molar-refractivity contribution in [1.29, 1.82) is 0 Å². The summed E-state index contributed by atoms with van der Waals surface area (Å²) in [6.07, 6.45) is 3.23. The van der Waals surface area contributed by atoms with E-state index in [4.69, 9.17) is 0 Å². The third kappa shape index (κ3) is 5.68. The van der Waals surface area contributed by atoms with E-state index in [0.29, 0.717) is 19.0 Å². The fourth-order valence-corrected chi connectivity index (χ4v) is 2.08. The zero-order valence-corrected chi connectivity index (χ0v) is 10.8. The second-order valence-corrected chi connectivity index (χ2v) is 4.79. The monoisotopic (exact) mass is 241 g/mol. The molecule has 0 aromatic rings. The number of rotatable bonds is 4. The number of nitrogens with one attached hydrogen (secondary N) is 2. The lowest BCUT2D eigenvalue weighted by Gasteiger charge is -2.29. The highest BCUT2D eigenvalue weighted by Gasteiger charge is 2.19. The van der Waals surface area contributed by atoms with E-state index in [1.165, 1.54) is 6.42 Å². The van der Waals surface area contributed by atoms with Gasteiger partial charge in [0.15, 0.2) is 0 Å². The number of nitrogens with zero attached hydrogens (tertiary/aromatic N) is 1. The standard InChI is InChI=1S/C12H23N3O2/c1-3-6-13-12(17)14-11(16)9-15-7-4-5-10(2)8-15/h10H,3-9H2,1-2H3,(H2,13,14,16,17). The number of hydrogen-bond acceptors (Lipinski definition) is 3. The molecule has 0 aromatic heterocycles. The zero-order valence-electron chi connectivity index (χ0n) is 10.8. The van der Waals surface area contributed by atoms with Crippen LogP contribution in [-0.4, -0.2) is 43.0 Å². The fraction of sp³-hybridized carbons (Fsp3) is 0.833. The van der Waals surface area contributed by atoms with E-state index in [1.807, 2.05) is 6.92 Å². The minimum absolute atomic E-state index is 0.215. The van der Waals surface area contributed by atoms with Crippen LogP contribution in [0.15, 0.2) is 0 Å². The molecule has 0 aliphatic carbocycles. The van der Waals surface area contributed by atoms with E-state index in [-0.39, 0.29) is 11.9 Å². The summed E-state index contributed by atoms with van der Waals surface area (Å²) in [5.74, 6) is 0.429. The van der Waals surface area contributed by atoms with E-state index in [9.17, 15) is 9.59 Å². The molecular weight excluding hydrogens is 218 g/mol. The van der Waals surface area contributed by atoms with Crippen LogP contribution in [0.25, 0.3) is 0 Å². The molecule has 1 aliphatic heterocycles. The largest absolute Gasteiger partial charge is 0.338 e. The summed E-state index contributed by atoms with van der Waals surface area (Å²) < 4.78 is 0. The number of hydrogen-bond donors (Lipinski definition) is 2. The van der Waals surface area contributed by atoms with Crippen LogP contribution in [0.1, 0.15) is 33.1 Å². The van der Waals surface area contributed by atoms with Crippen molar-refractivity contribution in [1.82, 2.24) is 15.5 Å². The molecule has 0 aromatic carbocycles. The Morgan fingerprint density at radius 2 is 2.18 bits per heavy atom. The molecule has 17 heavy (non-hydrogen) atoms. The number of carbonyl (C=O) groups excluding carboxylic acids is 2. The van der Waals surface area contributed by atoms with Crippen molar-refractivity contribution in [3.05, 3.63) is 0 Å². The van der Waals surface area contributed by atoms with E-state index in [2.05, 4.69) is 22.5 Å². The van der Waals surface area contributed by atoms with Crippen molar-refractivity contribution >= 4 is 11.9 Å². The van der Waals surface area contributed by atoms with Crippen LogP contribution in [0, 0.1) is 5.92 Å². The average Bonchev–Trinajstić information content (AvgIpc) is 2.26. The number of urea groups is 1. The Kier molecular flexibility index (Phi) is 5.97. The highest BCUT2D eigenvalue weighted by atomic mass is 16.2. The molecule has 1 fully saturated rings.